The molecule has 0 radical (unpaired) electrons. The first kappa shape index (κ1) is 19.0. The Morgan fingerprint density at radius 2 is 1.92 bits per heavy atom. The standard InChI is InChI=1S/C19H28N4O2/c1-13(2)21-19(25)11-16-5-7-17(8-6-16)20-12-18-14(3)22-23(9-10-24)15(18)4/h5-8,13,20,24H,9-12H2,1-4H3,(H,21,25). The summed E-state index contributed by atoms with van der Waals surface area (Å²) >= 11 is 0. The lowest BCUT2D eigenvalue weighted by Gasteiger charge is -2.10. The number of nitrogens with zero attached hydrogens (tertiary/aromatic N) is 2. The van der Waals surface area contributed by atoms with Crippen molar-refractivity contribution in [1.29, 1.82) is 0 Å². The van der Waals surface area contributed by atoms with E-state index in [0.29, 0.717) is 19.5 Å². The summed E-state index contributed by atoms with van der Waals surface area (Å²) in [6.45, 7) is 9.18. The van der Waals surface area contributed by atoms with Crippen LogP contribution in [0.25, 0.3) is 0 Å². The number of aliphatic hydroxyl groups is 1. The fourth-order valence-corrected chi connectivity index (χ4v) is 2.79. The molecule has 0 aliphatic rings. The largest absolute Gasteiger partial charge is 0.394 e. The van der Waals surface area contributed by atoms with Gasteiger partial charge in [-0.05, 0) is 45.4 Å². The number of amides is 1. The van der Waals surface area contributed by atoms with Gasteiger partial charge in [0, 0.05) is 29.5 Å². The third-order valence-corrected chi connectivity index (χ3v) is 4.08. The van der Waals surface area contributed by atoms with E-state index < -0.39 is 0 Å². The maximum Gasteiger partial charge on any atom is 0.224 e. The molecule has 0 spiro atoms. The lowest BCUT2D eigenvalue weighted by Crippen LogP contribution is -2.31. The second-order valence-corrected chi connectivity index (χ2v) is 6.55. The number of anilines is 1. The lowest BCUT2D eigenvalue weighted by molar-refractivity contribution is -0.120. The first-order valence-electron chi connectivity index (χ1n) is 8.66. The minimum absolute atomic E-state index is 0.0401. The van der Waals surface area contributed by atoms with Crippen molar-refractivity contribution in [3.63, 3.8) is 0 Å². The zero-order chi connectivity index (χ0) is 18.4. The first-order valence-corrected chi connectivity index (χ1v) is 8.66. The Hall–Kier alpha value is -2.34. The Labute approximate surface area is 149 Å². The molecule has 1 heterocycles. The number of benzene rings is 1. The zero-order valence-corrected chi connectivity index (χ0v) is 15.5. The fourth-order valence-electron chi connectivity index (χ4n) is 2.79. The summed E-state index contributed by atoms with van der Waals surface area (Å²) in [6, 6.07) is 8.07. The van der Waals surface area contributed by atoms with Crippen LogP contribution in [0.1, 0.15) is 36.4 Å². The van der Waals surface area contributed by atoms with Crippen LogP contribution in [0.3, 0.4) is 0 Å². The van der Waals surface area contributed by atoms with Gasteiger partial charge in [-0.25, -0.2) is 0 Å². The normalized spacial score (nSPS) is 11.0. The second kappa shape index (κ2) is 8.67. The van der Waals surface area contributed by atoms with Crippen molar-refractivity contribution in [3.05, 3.63) is 46.8 Å². The van der Waals surface area contributed by atoms with Gasteiger partial charge in [0.25, 0.3) is 0 Å². The van der Waals surface area contributed by atoms with Crippen LogP contribution in [0, 0.1) is 13.8 Å². The molecule has 0 fully saturated rings. The van der Waals surface area contributed by atoms with Crippen LogP contribution in [0.2, 0.25) is 0 Å². The van der Waals surface area contributed by atoms with Gasteiger partial charge >= 0.3 is 0 Å². The van der Waals surface area contributed by atoms with Crippen LogP contribution in [0.5, 0.6) is 0 Å². The highest BCUT2D eigenvalue weighted by Gasteiger charge is 2.11. The minimum Gasteiger partial charge on any atom is -0.394 e. The van der Waals surface area contributed by atoms with E-state index in [0.717, 1.165) is 28.2 Å². The lowest BCUT2D eigenvalue weighted by atomic mass is 10.1. The summed E-state index contributed by atoms with van der Waals surface area (Å²) in [4.78, 5) is 11.8. The molecule has 2 rings (SSSR count). The topological polar surface area (TPSA) is 79.2 Å². The quantitative estimate of drug-likeness (QED) is 0.686. The molecule has 3 N–H and O–H groups in total. The molecule has 0 unspecified atom stereocenters. The number of aliphatic hydroxyl groups excluding tert-OH is 1. The predicted octanol–water partition coefficient (Wildman–Crippen LogP) is 2.17. The number of nitrogens with one attached hydrogen (secondary N) is 2. The van der Waals surface area contributed by atoms with Crippen molar-refractivity contribution in [3.8, 4) is 0 Å². The van der Waals surface area contributed by atoms with Gasteiger partial charge in [0.15, 0.2) is 0 Å². The van der Waals surface area contributed by atoms with Crippen LogP contribution in [0.15, 0.2) is 24.3 Å². The number of carbonyl (C=O) groups excluding carboxylic acids is 1. The maximum absolute atomic E-state index is 11.8. The van der Waals surface area contributed by atoms with Crippen molar-refractivity contribution in [2.75, 3.05) is 11.9 Å². The van der Waals surface area contributed by atoms with E-state index in [1.165, 1.54) is 0 Å². The average Bonchev–Trinajstić information content (AvgIpc) is 2.80. The molecule has 0 saturated carbocycles. The summed E-state index contributed by atoms with van der Waals surface area (Å²) in [5, 5.41) is 19.8. The molecule has 6 nitrogen and oxygen atoms in total. The smallest absolute Gasteiger partial charge is 0.224 e. The summed E-state index contributed by atoms with van der Waals surface area (Å²) in [5.74, 6) is 0.0401. The highest BCUT2D eigenvalue weighted by molar-refractivity contribution is 5.78. The molecule has 2 aromatic rings. The summed E-state index contributed by atoms with van der Waals surface area (Å²) in [6.07, 6.45) is 0.393. The number of hydrogen-bond donors (Lipinski definition) is 3. The third-order valence-electron chi connectivity index (χ3n) is 4.08. The van der Waals surface area contributed by atoms with Crippen LogP contribution < -0.4 is 10.6 Å². The maximum atomic E-state index is 11.8. The predicted molar refractivity (Wildman–Crippen MR) is 99.5 cm³/mol. The van der Waals surface area contributed by atoms with Crippen LogP contribution >= 0.6 is 0 Å². The number of hydrogen-bond acceptors (Lipinski definition) is 4. The zero-order valence-electron chi connectivity index (χ0n) is 15.5. The molecule has 1 aromatic heterocycles. The van der Waals surface area contributed by atoms with Crippen LogP contribution in [-0.4, -0.2) is 33.4 Å². The highest BCUT2D eigenvalue weighted by Crippen LogP contribution is 2.16. The third kappa shape index (κ3) is 5.32. The van der Waals surface area contributed by atoms with Gasteiger partial charge in [-0.3, -0.25) is 9.48 Å². The van der Waals surface area contributed by atoms with E-state index in [4.69, 9.17) is 5.11 Å². The van der Waals surface area contributed by atoms with Gasteiger partial charge in [-0.2, -0.15) is 5.10 Å². The summed E-state index contributed by atoms with van der Waals surface area (Å²) < 4.78 is 1.84. The van der Waals surface area contributed by atoms with Crippen molar-refractivity contribution < 1.29 is 9.90 Å². The summed E-state index contributed by atoms with van der Waals surface area (Å²) in [7, 11) is 0. The molecule has 1 amide bonds. The molecule has 0 atom stereocenters. The molecule has 136 valence electrons. The number of carbonyl (C=O) groups is 1. The Bertz CT molecular complexity index is 705. The number of aromatic nitrogens is 2. The van der Waals surface area contributed by atoms with Gasteiger partial charge < -0.3 is 15.7 Å². The molecule has 6 heteroatoms. The van der Waals surface area contributed by atoms with E-state index in [-0.39, 0.29) is 18.6 Å². The highest BCUT2D eigenvalue weighted by atomic mass is 16.3. The Kier molecular flexibility index (Phi) is 6.58. The van der Waals surface area contributed by atoms with E-state index in [9.17, 15) is 4.79 Å². The molecule has 1 aromatic carbocycles. The number of rotatable bonds is 8. The van der Waals surface area contributed by atoms with Crippen LogP contribution in [-0.2, 0) is 24.3 Å². The molecule has 0 bridgehead atoms. The van der Waals surface area contributed by atoms with Gasteiger partial charge in [0.05, 0.1) is 25.3 Å². The summed E-state index contributed by atoms with van der Waals surface area (Å²) in [5.41, 5.74) is 5.18. The van der Waals surface area contributed by atoms with Gasteiger partial charge in [-0.1, -0.05) is 12.1 Å². The van der Waals surface area contributed by atoms with Crippen molar-refractivity contribution in [1.82, 2.24) is 15.1 Å². The molecule has 0 aliphatic carbocycles. The molecule has 25 heavy (non-hydrogen) atoms. The van der Waals surface area contributed by atoms with E-state index in [1.807, 2.05) is 56.6 Å². The second-order valence-electron chi connectivity index (χ2n) is 6.55. The molecule has 0 saturated heterocycles. The van der Waals surface area contributed by atoms with E-state index in [2.05, 4.69) is 15.7 Å². The molecular weight excluding hydrogens is 316 g/mol. The van der Waals surface area contributed by atoms with Crippen LogP contribution in [0.4, 0.5) is 5.69 Å². The molecule has 0 aliphatic heterocycles. The average molecular weight is 344 g/mol. The monoisotopic (exact) mass is 344 g/mol. The minimum atomic E-state index is 0.0401. The van der Waals surface area contributed by atoms with Crippen molar-refractivity contribution >= 4 is 11.6 Å². The van der Waals surface area contributed by atoms with E-state index >= 15 is 0 Å². The van der Waals surface area contributed by atoms with E-state index in [1.54, 1.807) is 0 Å². The Balaban J connectivity index is 1.95. The van der Waals surface area contributed by atoms with Gasteiger partial charge in [0.1, 0.15) is 0 Å². The SMILES string of the molecule is Cc1nn(CCO)c(C)c1CNc1ccc(CC(=O)NC(C)C)cc1. The molecular formula is C19H28N4O2. The Morgan fingerprint density at radius 1 is 1.24 bits per heavy atom. The van der Waals surface area contributed by atoms with Crippen molar-refractivity contribution in [2.45, 2.75) is 53.2 Å². The Morgan fingerprint density at radius 3 is 2.52 bits per heavy atom. The first-order chi connectivity index (χ1) is 11.9. The van der Waals surface area contributed by atoms with Gasteiger partial charge in [-0.15, -0.1) is 0 Å². The van der Waals surface area contributed by atoms with Gasteiger partial charge in [0.2, 0.25) is 5.91 Å². The fraction of sp³-hybridized carbons (Fsp3) is 0.474. The van der Waals surface area contributed by atoms with Crippen molar-refractivity contribution in [2.24, 2.45) is 0 Å². The number of aryl methyl sites for hydroxylation is 1.